The van der Waals surface area contributed by atoms with Gasteiger partial charge in [-0.05, 0) is 49.2 Å². The summed E-state index contributed by atoms with van der Waals surface area (Å²) in [5, 5.41) is 12.8. The van der Waals surface area contributed by atoms with Crippen LogP contribution >= 0.6 is 0 Å². The highest BCUT2D eigenvalue weighted by atomic mass is 32.2. The van der Waals surface area contributed by atoms with E-state index in [4.69, 9.17) is 19.3 Å². The lowest BCUT2D eigenvalue weighted by atomic mass is 10.1. The Bertz CT molecular complexity index is 1300. The first-order chi connectivity index (χ1) is 17.3. The van der Waals surface area contributed by atoms with Crippen molar-refractivity contribution in [2.75, 3.05) is 39.8 Å². The summed E-state index contributed by atoms with van der Waals surface area (Å²) in [6.45, 7) is 6.12. The van der Waals surface area contributed by atoms with E-state index in [-0.39, 0.29) is 11.0 Å². The van der Waals surface area contributed by atoms with Crippen molar-refractivity contribution in [1.29, 1.82) is 5.26 Å². The van der Waals surface area contributed by atoms with E-state index in [1.165, 1.54) is 4.31 Å². The summed E-state index contributed by atoms with van der Waals surface area (Å²) in [5.41, 5.74) is 2.93. The molecule has 1 fully saturated rings. The zero-order chi connectivity index (χ0) is 25.7. The molecule has 10 heteroatoms. The van der Waals surface area contributed by atoms with Crippen LogP contribution in [-0.4, -0.2) is 62.6 Å². The van der Waals surface area contributed by atoms with Crippen LogP contribution in [0.25, 0.3) is 0 Å². The van der Waals surface area contributed by atoms with Gasteiger partial charge in [-0.2, -0.15) is 9.57 Å². The van der Waals surface area contributed by atoms with Gasteiger partial charge in [-0.15, -0.1) is 0 Å². The zero-order valence-corrected chi connectivity index (χ0v) is 21.5. The normalized spacial score (nSPS) is 15.9. The fraction of sp³-hybridized carbons (Fsp3) is 0.385. The molecular weight excluding hydrogens is 480 g/mol. The molecule has 4 rings (SSSR count). The number of aromatic nitrogens is 1. The van der Waals surface area contributed by atoms with Gasteiger partial charge in [-0.1, -0.05) is 29.4 Å². The molecule has 3 aromatic rings. The van der Waals surface area contributed by atoms with E-state index < -0.39 is 10.0 Å². The topological polar surface area (TPSA) is 109 Å². The largest absolute Gasteiger partial charge is 0.497 e. The number of rotatable bonds is 9. The Morgan fingerprint density at radius 2 is 1.83 bits per heavy atom. The Labute approximate surface area is 211 Å². The van der Waals surface area contributed by atoms with Crippen LogP contribution in [0.4, 0.5) is 0 Å². The van der Waals surface area contributed by atoms with Crippen LogP contribution in [0.3, 0.4) is 0 Å². The van der Waals surface area contributed by atoms with Gasteiger partial charge in [0, 0.05) is 32.7 Å². The number of hydrogen-bond acceptors (Lipinski definition) is 8. The van der Waals surface area contributed by atoms with E-state index in [0.29, 0.717) is 56.3 Å². The van der Waals surface area contributed by atoms with Gasteiger partial charge < -0.3 is 14.0 Å². The summed E-state index contributed by atoms with van der Waals surface area (Å²) < 4.78 is 44.7. The maximum Gasteiger partial charge on any atom is 0.248 e. The molecule has 190 valence electrons. The maximum absolute atomic E-state index is 13.2. The highest BCUT2D eigenvalue weighted by Crippen LogP contribution is 2.27. The third kappa shape index (κ3) is 5.77. The van der Waals surface area contributed by atoms with Crippen molar-refractivity contribution in [2.24, 2.45) is 0 Å². The molecule has 0 unspecified atom stereocenters. The lowest BCUT2D eigenvalue weighted by Crippen LogP contribution is -2.49. The van der Waals surface area contributed by atoms with Crippen LogP contribution < -0.4 is 4.74 Å². The maximum atomic E-state index is 13.2. The summed E-state index contributed by atoms with van der Waals surface area (Å²) >= 11 is 0. The van der Waals surface area contributed by atoms with Gasteiger partial charge in [0.2, 0.25) is 10.0 Å². The van der Waals surface area contributed by atoms with E-state index in [1.54, 1.807) is 33.1 Å². The number of aryl methyl sites for hydroxylation is 2. The van der Waals surface area contributed by atoms with E-state index >= 15 is 0 Å². The number of benzene rings is 2. The van der Waals surface area contributed by atoms with Crippen molar-refractivity contribution in [1.82, 2.24) is 14.4 Å². The summed E-state index contributed by atoms with van der Waals surface area (Å²) in [6.07, 6.45) is -0.249. The fourth-order valence-electron chi connectivity index (χ4n) is 4.33. The minimum absolute atomic E-state index is 0.163. The van der Waals surface area contributed by atoms with Gasteiger partial charge >= 0.3 is 0 Å². The number of methoxy groups -OCH3 is 1. The predicted molar refractivity (Wildman–Crippen MR) is 133 cm³/mol. The second kappa shape index (κ2) is 11.2. The van der Waals surface area contributed by atoms with Crippen molar-refractivity contribution >= 4 is 10.0 Å². The van der Waals surface area contributed by atoms with Gasteiger partial charge in [0.15, 0.2) is 5.76 Å². The number of ether oxygens (including phenoxy) is 2. The molecule has 1 atom stereocenters. The SMILES string of the molecule is COc1cccc([C@H](CN2CCN(S(=O)(=O)c3c(C)noc3C)CC2)OCc2ccc(C#N)cc2)c1. The summed E-state index contributed by atoms with van der Waals surface area (Å²) in [7, 11) is -2.04. The van der Waals surface area contributed by atoms with Crippen LogP contribution in [0.15, 0.2) is 57.9 Å². The molecule has 0 bridgehead atoms. The van der Waals surface area contributed by atoms with Crippen molar-refractivity contribution in [3.05, 3.63) is 76.7 Å². The molecule has 1 saturated heterocycles. The number of piperazine rings is 1. The quantitative estimate of drug-likeness (QED) is 0.431. The predicted octanol–water partition coefficient (Wildman–Crippen LogP) is 3.44. The molecule has 36 heavy (non-hydrogen) atoms. The third-order valence-corrected chi connectivity index (χ3v) is 8.46. The lowest BCUT2D eigenvalue weighted by molar-refractivity contribution is 0.00762. The van der Waals surface area contributed by atoms with Crippen LogP contribution in [0, 0.1) is 25.2 Å². The minimum Gasteiger partial charge on any atom is -0.497 e. The molecule has 2 heterocycles. The molecule has 0 N–H and O–H groups in total. The summed E-state index contributed by atoms with van der Waals surface area (Å²) in [6, 6.07) is 17.2. The molecule has 1 aliphatic rings. The number of nitrogens with zero attached hydrogens (tertiary/aromatic N) is 4. The van der Waals surface area contributed by atoms with Gasteiger partial charge in [-0.25, -0.2) is 8.42 Å². The van der Waals surface area contributed by atoms with Crippen LogP contribution in [0.2, 0.25) is 0 Å². The van der Waals surface area contributed by atoms with Crippen molar-refractivity contribution < 1.29 is 22.4 Å². The van der Waals surface area contributed by atoms with Crippen molar-refractivity contribution in [3.63, 3.8) is 0 Å². The first kappa shape index (κ1) is 25.9. The Kier molecular flexibility index (Phi) is 8.06. The van der Waals surface area contributed by atoms with E-state index in [9.17, 15) is 8.42 Å². The number of hydrogen-bond donors (Lipinski definition) is 0. The lowest BCUT2D eigenvalue weighted by Gasteiger charge is -2.35. The van der Waals surface area contributed by atoms with Gasteiger partial charge in [0.1, 0.15) is 16.3 Å². The molecule has 0 amide bonds. The van der Waals surface area contributed by atoms with E-state index in [1.807, 2.05) is 36.4 Å². The molecule has 0 aliphatic carbocycles. The van der Waals surface area contributed by atoms with Gasteiger partial charge in [0.25, 0.3) is 0 Å². The third-order valence-electron chi connectivity index (χ3n) is 6.32. The van der Waals surface area contributed by atoms with E-state index in [0.717, 1.165) is 16.9 Å². The highest BCUT2D eigenvalue weighted by molar-refractivity contribution is 7.89. The summed E-state index contributed by atoms with van der Waals surface area (Å²) in [5.74, 6) is 1.05. The first-order valence-corrected chi connectivity index (χ1v) is 13.2. The monoisotopic (exact) mass is 510 g/mol. The first-order valence-electron chi connectivity index (χ1n) is 11.7. The van der Waals surface area contributed by atoms with Crippen molar-refractivity contribution in [2.45, 2.75) is 31.5 Å². The number of sulfonamides is 1. The van der Waals surface area contributed by atoms with Crippen LogP contribution in [0.1, 0.15) is 34.2 Å². The molecule has 1 aromatic heterocycles. The molecular formula is C26H30N4O5S. The smallest absolute Gasteiger partial charge is 0.248 e. The number of nitriles is 1. The van der Waals surface area contributed by atoms with Crippen LogP contribution in [-0.2, 0) is 21.4 Å². The molecule has 0 spiro atoms. The molecule has 1 aliphatic heterocycles. The second-order valence-electron chi connectivity index (χ2n) is 8.74. The van der Waals surface area contributed by atoms with Crippen LogP contribution in [0.5, 0.6) is 5.75 Å². The molecule has 2 aromatic carbocycles. The standard InChI is InChI=1S/C26H30N4O5S/c1-19-26(20(2)35-28-19)36(31,32)30-13-11-29(12-14-30)17-25(23-5-4-6-24(15-23)33-3)34-18-22-9-7-21(16-27)8-10-22/h4-10,15,25H,11-14,17-18H2,1-3H3/t25-/m0/s1. The second-order valence-corrected chi connectivity index (χ2v) is 10.6. The molecule has 0 saturated carbocycles. The van der Waals surface area contributed by atoms with Gasteiger partial charge in [-0.3, -0.25) is 4.90 Å². The molecule has 0 radical (unpaired) electrons. The van der Waals surface area contributed by atoms with E-state index in [2.05, 4.69) is 16.1 Å². The fourth-order valence-corrected chi connectivity index (χ4v) is 6.04. The highest BCUT2D eigenvalue weighted by Gasteiger charge is 2.33. The minimum atomic E-state index is -3.67. The Morgan fingerprint density at radius 3 is 2.44 bits per heavy atom. The zero-order valence-electron chi connectivity index (χ0n) is 20.7. The van der Waals surface area contributed by atoms with Crippen molar-refractivity contribution in [3.8, 4) is 11.8 Å². The Balaban J connectivity index is 1.45. The Hall–Kier alpha value is -3.23. The van der Waals surface area contributed by atoms with Gasteiger partial charge in [0.05, 0.1) is 31.5 Å². The Morgan fingerprint density at radius 1 is 1.11 bits per heavy atom. The molecule has 9 nitrogen and oxygen atoms in total. The average molecular weight is 511 g/mol. The summed E-state index contributed by atoms with van der Waals surface area (Å²) in [4.78, 5) is 2.37. The average Bonchev–Trinajstić information content (AvgIpc) is 3.25.